The molecule has 1 unspecified atom stereocenters. The Bertz CT molecular complexity index is 226. The summed E-state index contributed by atoms with van der Waals surface area (Å²) in [4.78, 5) is 23.8. The Labute approximate surface area is 64.5 Å². The van der Waals surface area contributed by atoms with Crippen LogP contribution in [0.3, 0.4) is 0 Å². The van der Waals surface area contributed by atoms with Crippen molar-refractivity contribution in [1.29, 1.82) is 0 Å². The van der Waals surface area contributed by atoms with E-state index in [0.717, 1.165) is 6.42 Å². The van der Waals surface area contributed by atoms with Gasteiger partial charge >= 0.3 is 0 Å². The van der Waals surface area contributed by atoms with Crippen LogP contribution in [0.5, 0.6) is 0 Å². The van der Waals surface area contributed by atoms with Crippen LogP contribution in [0.1, 0.15) is 19.8 Å². The van der Waals surface area contributed by atoms with Gasteiger partial charge in [-0.2, -0.15) is 0 Å². The Morgan fingerprint density at radius 2 is 2.27 bits per heavy atom. The molecule has 0 aliphatic carbocycles. The molecule has 2 aliphatic rings. The van der Waals surface area contributed by atoms with Gasteiger partial charge in [0.25, 0.3) is 0 Å². The molecule has 2 amide bonds. The second-order valence-corrected chi connectivity index (χ2v) is 3.04. The average molecular weight is 154 g/mol. The highest BCUT2D eigenvalue weighted by molar-refractivity contribution is 5.92. The third-order valence-corrected chi connectivity index (χ3v) is 2.36. The smallest absolute Gasteiger partial charge is 0.244 e. The van der Waals surface area contributed by atoms with Crippen LogP contribution in [0.4, 0.5) is 0 Å². The molecule has 2 aliphatic heterocycles. The molecule has 11 heavy (non-hydrogen) atoms. The summed E-state index contributed by atoms with van der Waals surface area (Å²) in [5, 5.41) is 2.76. The van der Waals surface area contributed by atoms with Gasteiger partial charge in [0, 0.05) is 6.42 Å². The third kappa shape index (κ3) is 0.751. The lowest BCUT2D eigenvalue weighted by molar-refractivity contribution is -0.132. The third-order valence-electron chi connectivity index (χ3n) is 2.36. The number of amides is 2. The van der Waals surface area contributed by atoms with Crippen LogP contribution in [0.25, 0.3) is 0 Å². The van der Waals surface area contributed by atoms with E-state index < -0.39 is 0 Å². The van der Waals surface area contributed by atoms with E-state index in [9.17, 15) is 9.59 Å². The van der Waals surface area contributed by atoms with E-state index in [-0.39, 0.29) is 24.0 Å². The van der Waals surface area contributed by atoms with Crippen molar-refractivity contribution in [1.82, 2.24) is 10.2 Å². The predicted octanol–water partition coefficient (Wildman–Crippen LogP) is -0.547. The van der Waals surface area contributed by atoms with E-state index in [0.29, 0.717) is 6.42 Å². The summed E-state index contributed by atoms with van der Waals surface area (Å²) in [6.07, 6.45) is 1.34. The van der Waals surface area contributed by atoms with E-state index in [1.54, 1.807) is 11.8 Å². The van der Waals surface area contributed by atoms with Gasteiger partial charge < -0.3 is 10.2 Å². The quantitative estimate of drug-likeness (QED) is 0.509. The first kappa shape index (κ1) is 6.64. The first-order valence-electron chi connectivity index (χ1n) is 3.81. The van der Waals surface area contributed by atoms with E-state index in [4.69, 9.17) is 0 Å². The highest BCUT2D eigenvalue weighted by Gasteiger charge is 2.43. The molecule has 0 saturated carbocycles. The zero-order chi connectivity index (χ0) is 8.01. The molecule has 60 valence electrons. The number of nitrogens with one attached hydrogen (secondary N) is 1. The maximum absolute atomic E-state index is 11.1. The van der Waals surface area contributed by atoms with Crippen molar-refractivity contribution < 1.29 is 9.59 Å². The molecule has 4 heteroatoms. The minimum absolute atomic E-state index is 0.00926. The fraction of sp³-hybridized carbons (Fsp3) is 0.714. The molecule has 0 bridgehead atoms. The van der Waals surface area contributed by atoms with Gasteiger partial charge in [0.1, 0.15) is 12.2 Å². The zero-order valence-corrected chi connectivity index (χ0v) is 6.33. The predicted molar refractivity (Wildman–Crippen MR) is 37.5 cm³/mol. The van der Waals surface area contributed by atoms with Crippen molar-refractivity contribution >= 4 is 11.8 Å². The Balaban J connectivity index is 2.26. The first-order chi connectivity index (χ1) is 5.20. The highest BCUT2D eigenvalue weighted by Crippen LogP contribution is 2.24. The summed E-state index contributed by atoms with van der Waals surface area (Å²) in [5.41, 5.74) is 0. The number of hydrogen-bond donors (Lipinski definition) is 1. The van der Waals surface area contributed by atoms with Crippen molar-refractivity contribution in [2.75, 3.05) is 0 Å². The van der Waals surface area contributed by atoms with Crippen LogP contribution in [-0.2, 0) is 9.59 Å². The van der Waals surface area contributed by atoms with Gasteiger partial charge in [0.05, 0.1) is 0 Å². The molecule has 0 radical (unpaired) electrons. The molecule has 2 atom stereocenters. The molecule has 4 nitrogen and oxygen atoms in total. The van der Waals surface area contributed by atoms with E-state index in [2.05, 4.69) is 5.32 Å². The number of nitrogens with zero attached hydrogens (tertiary/aromatic N) is 1. The molecular formula is C7H10N2O2. The van der Waals surface area contributed by atoms with Crippen LogP contribution in [-0.4, -0.2) is 28.9 Å². The molecule has 2 saturated heterocycles. The fourth-order valence-electron chi connectivity index (χ4n) is 1.74. The topological polar surface area (TPSA) is 49.4 Å². The molecule has 0 aromatic carbocycles. The Hall–Kier alpha value is -1.06. The van der Waals surface area contributed by atoms with Crippen LogP contribution in [0.15, 0.2) is 0 Å². The van der Waals surface area contributed by atoms with Gasteiger partial charge in [-0.3, -0.25) is 9.59 Å². The van der Waals surface area contributed by atoms with Gasteiger partial charge in [-0.15, -0.1) is 0 Å². The molecule has 0 aromatic rings. The minimum Gasteiger partial charge on any atom is -0.334 e. The molecule has 0 spiro atoms. The summed E-state index contributed by atoms with van der Waals surface area (Å²) in [6.45, 7) is 1.76. The summed E-state index contributed by atoms with van der Waals surface area (Å²) in [7, 11) is 0. The number of hydrogen-bond acceptors (Lipinski definition) is 2. The maximum atomic E-state index is 11.1. The van der Waals surface area contributed by atoms with Crippen molar-refractivity contribution in [3.05, 3.63) is 0 Å². The second kappa shape index (κ2) is 1.96. The largest absolute Gasteiger partial charge is 0.334 e. The maximum Gasteiger partial charge on any atom is 0.244 e. The van der Waals surface area contributed by atoms with Crippen LogP contribution in [0, 0.1) is 0 Å². The molecule has 0 aromatic heterocycles. The highest BCUT2D eigenvalue weighted by atomic mass is 16.2. The molecule has 1 N–H and O–H groups in total. The lowest BCUT2D eigenvalue weighted by Crippen LogP contribution is -2.35. The monoisotopic (exact) mass is 154 g/mol. The van der Waals surface area contributed by atoms with Crippen molar-refractivity contribution in [2.24, 2.45) is 0 Å². The Morgan fingerprint density at radius 3 is 2.91 bits per heavy atom. The van der Waals surface area contributed by atoms with E-state index in [1.807, 2.05) is 0 Å². The summed E-state index contributed by atoms with van der Waals surface area (Å²) < 4.78 is 0. The number of carbonyl (C=O) groups is 2. The van der Waals surface area contributed by atoms with E-state index >= 15 is 0 Å². The summed E-state index contributed by atoms with van der Waals surface area (Å²) in [5.74, 6) is 0.0731. The lowest BCUT2D eigenvalue weighted by atomic mass is 10.3. The summed E-state index contributed by atoms with van der Waals surface area (Å²) in [6, 6.07) is -0.255. The minimum atomic E-state index is -0.255. The Morgan fingerprint density at radius 1 is 1.55 bits per heavy atom. The standard InChI is InChI=1S/C7H10N2O2/c1-4-7(11)8-5-2-3-6(10)9(4)5/h4-5H,2-3H2,1H3,(H,8,11)/t4-,5?/m0/s1. The normalized spacial score (nSPS) is 35.9. The van der Waals surface area contributed by atoms with Crippen molar-refractivity contribution in [3.63, 3.8) is 0 Å². The first-order valence-corrected chi connectivity index (χ1v) is 3.81. The van der Waals surface area contributed by atoms with Gasteiger partial charge in [0.2, 0.25) is 11.8 Å². The van der Waals surface area contributed by atoms with Gasteiger partial charge in [-0.05, 0) is 13.3 Å². The van der Waals surface area contributed by atoms with Crippen LogP contribution in [0.2, 0.25) is 0 Å². The van der Waals surface area contributed by atoms with E-state index in [1.165, 1.54) is 0 Å². The second-order valence-electron chi connectivity index (χ2n) is 3.04. The SMILES string of the molecule is C[C@H]1C(=O)NC2CCC(=O)N21. The fourth-order valence-corrected chi connectivity index (χ4v) is 1.74. The van der Waals surface area contributed by atoms with Crippen LogP contribution >= 0.6 is 0 Å². The van der Waals surface area contributed by atoms with Gasteiger partial charge in [0.15, 0.2) is 0 Å². The zero-order valence-electron chi connectivity index (χ0n) is 6.33. The van der Waals surface area contributed by atoms with Crippen molar-refractivity contribution in [3.8, 4) is 0 Å². The summed E-state index contributed by atoms with van der Waals surface area (Å²) >= 11 is 0. The lowest BCUT2D eigenvalue weighted by Gasteiger charge is -2.16. The molecule has 2 fully saturated rings. The number of rotatable bonds is 0. The molecule has 2 rings (SSSR count). The Kier molecular flexibility index (Phi) is 1.19. The molecular weight excluding hydrogens is 144 g/mol. The van der Waals surface area contributed by atoms with Crippen LogP contribution < -0.4 is 5.32 Å². The average Bonchev–Trinajstić information content (AvgIpc) is 2.41. The number of fused-ring (bicyclic) bond motifs is 1. The van der Waals surface area contributed by atoms with Gasteiger partial charge in [-0.1, -0.05) is 0 Å². The van der Waals surface area contributed by atoms with Crippen molar-refractivity contribution in [2.45, 2.75) is 32.0 Å². The van der Waals surface area contributed by atoms with Gasteiger partial charge in [-0.25, -0.2) is 0 Å². The molecule has 2 heterocycles. The number of carbonyl (C=O) groups excluding carboxylic acids is 2.